The minimum atomic E-state index is -0.202. The van der Waals surface area contributed by atoms with Crippen LogP contribution in [0.3, 0.4) is 0 Å². The van der Waals surface area contributed by atoms with Crippen molar-refractivity contribution in [2.45, 2.75) is 20.4 Å². The van der Waals surface area contributed by atoms with Crippen LogP contribution in [-0.4, -0.2) is 38.7 Å². The van der Waals surface area contributed by atoms with Crippen LogP contribution in [0, 0.1) is 13.8 Å². The van der Waals surface area contributed by atoms with Crippen LogP contribution < -0.4 is 5.32 Å². The fraction of sp³-hybridized carbons (Fsp3) is 0.333. The number of aldehydes is 1. The molecule has 2 aromatic heterocycles. The topological polar surface area (TPSA) is 92.7 Å². The molecule has 0 spiro atoms. The average Bonchev–Trinajstić information content (AvgIpc) is 2.97. The molecular formula is C12H15N5O2. The average molecular weight is 261 g/mol. The normalized spacial score (nSPS) is 10.4. The molecule has 0 bridgehead atoms. The molecule has 2 N–H and O–H groups in total. The van der Waals surface area contributed by atoms with Crippen molar-refractivity contribution in [3.05, 3.63) is 34.9 Å². The molecule has 0 fully saturated rings. The highest BCUT2D eigenvalue weighted by Gasteiger charge is 2.17. The lowest BCUT2D eigenvalue weighted by Crippen LogP contribution is -2.28. The quantitative estimate of drug-likeness (QED) is 0.765. The predicted molar refractivity (Wildman–Crippen MR) is 68.0 cm³/mol. The monoisotopic (exact) mass is 261 g/mol. The maximum atomic E-state index is 12.0. The lowest BCUT2D eigenvalue weighted by molar-refractivity contribution is 0.0950. The number of nitrogens with one attached hydrogen (secondary N) is 2. The maximum Gasteiger partial charge on any atom is 0.253 e. The smallest absolute Gasteiger partial charge is 0.253 e. The molecule has 0 saturated heterocycles. The number of carbonyl (C=O) groups is 2. The second kappa shape index (κ2) is 5.47. The molecule has 19 heavy (non-hydrogen) atoms. The van der Waals surface area contributed by atoms with Gasteiger partial charge in [-0.2, -0.15) is 15.0 Å². The summed E-state index contributed by atoms with van der Waals surface area (Å²) in [7, 11) is 0. The van der Waals surface area contributed by atoms with Crippen LogP contribution in [0.2, 0.25) is 0 Å². The Hall–Kier alpha value is -2.44. The van der Waals surface area contributed by atoms with E-state index in [0.717, 1.165) is 0 Å². The summed E-state index contributed by atoms with van der Waals surface area (Å²) in [6, 6.07) is 0. The number of hydrogen-bond donors (Lipinski definition) is 2. The molecule has 2 rings (SSSR count). The zero-order chi connectivity index (χ0) is 13.8. The standard InChI is InChI=1S/C12H15N5O2/c1-8-10(7-18)16-9(2)11(8)12(19)13-5-6-17-14-3-4-15-17/h3-4,7,16H,5-6H2,1-2H3,(H,13,19). The molecule has 7 heteroatoms. The first kappa shape index (κ1) is 13.0. The highest BCUT2D eigenvalue weighted by atomic mass is 16.1. The molecule has 2 heterocycles. The zero-order valence-corrected chi connectivity index (χ0v) is 10.8. The second-order valence-electron chi connectivity index (χ2n) is 4.16. The Morgan fingerprint density at radius 3 is 2.68 bits per heavy atom. The van der Waals surface area contributed by atoms with E-state index in [1.54, 1.807) is 26.2 Å². The molecule has 2 aromatic rings. The summed E-state index contributed by atoms with van der Waals surface area (Å²) >= 11 is 0. The van der Waals surface area contributed by atoms with Crippen LogP contribution in [0.1, 0.15) is 32.1 Å². The molecule has 7 nitrogen and oxygen atoms in total. The van der Waals surface area contributed by atoms with Crippen molar-refractivity contribution in [2.24, 2.45) is 0 Å². The summed E-state index contributed by atoms with van der Waals surface area (Å²) in [5.74, 6) is -0.202. The first-order chi connectivity index (χ1) is 9.13. The Labute approximate surface area is 110 Å². The van der Waals surface area contributed by atoms with E-state index >= 15 is 0 Å². The zero-order valence-electron chi connectivity index (χ0n) is 10.8. The number of amides is 1. The summed E-state index contributed by atoms with van der Waals surface area (Å²) in [5.41, 5.74) is 2.32. The van der Waals surface area contributed by atoms with Gasteiger partial charge in [-0.05, 0) is 19.4 Å². The van der Waals surface area contributed by atoms with Gasteiger partial charge in [-0.25, -0.2) is 0 Å². The molecule has 0 radical (unpaired) electrons. The SMILES string of the molecule is Cc1[nH]c(C=O)c(C)c1C(=O)NCCn1nccn1. The van der Waals surface area contributed by atoms with Crippen LogP contribution in [0.4, 0.5) is 0 Å². The summed E-state index contributed by atoms with van der Waals surface area (Å²) in [6.07, 6.45) is 3.88. The maximum absolute atomic E-state index is 12.0. The van der Waals surface area contributed by atoms with Gasteiger partial charge in [0.2, 0.25) is 0 Å². The Balaban J connectivity index is 2.00. The Morgan fingerprint density at radius 1 is 1.42 bits per heavy atom. The number of nitrogens with zero attached hydrogens (tertiary/aromatic N) is 3. The molecule has 0 saturated carbocycles. The van der Waals surface area contributed by atoms with Crippen molar-refractivity contribution in [3.63, 3.8) is 0 Å². The highest BCUT2D eigenvalue weighted by molar-refractivity contribution is 5.99. The van der Waals surface area contributed by atoms with Gasteiger partial charge in [0.25, 0.3) is 5.91 Å². The molecule has 100 valence electrons. The van der Waals surface area contributed by atoms with Crippen molar-refractivity contribution >= 4 is 12.2 Å². The summed E-state index contributed by atoms with van der Waals surface area (Å²) < 4.78 is 0. The number of aryl methyl sites for hydroxylation is 1. The van der Waals surface area contributed by atoms with Crippen molar-refractivity contribution in [1.82, 2.24) is 25.3 Å². The lowest BCUT2D eigenvalue weighted by atomic mass is 10.1. The minimum absolute atomic E-state index is 0.202. The lowest BCUT2D eigenvalue weighted by Gasteiger charge is -2.05. The summed E-state index contributed by atoms with van der Waals surface area (Å²) in [6.45, 7) is 4.44. The van der Waals surface area contributed by atoms with E-state index < -0.39 is 0 Å². The van der Waals surface area contributed by atoms with Crippen molar-refractivity contribution < 1.29 is 9.59 Å². The van der Waals surface area contributed by atoms with Crippen molar-refractivity contribution in [1.29, 1.82) is 0 Å². The van der Waals surface area contributed by atoms with Gasteiger partial charge in [0.05, 0.1) is 30.2 Å². The number of hydrogen-bond acceptors (Lipinski definition) is 4. The van der Waals surface area contributed by atoms with Gasteiger partial charge >= 0.3 is 0 Å². The third-order valence-electron chi connectivity index (χ3n) is 2.89. The second-order valence-corrected chi connectivity index (χ2v) is 4.16. The first-order valence-electron chi connectivity index (χ1n) is 5.90. The number of H-pyrrole nitrogens is 1. The van der Waals surface area contributed by atoms with E-state index in [4.69, 9.17) is 0 Å². The van der Waals surface area contributed by atoms with Crippen LogP contribution >= 0.6 is 0 Å². The molecule has 0 unspecified atom stereocenters. The van der Waals surface area contributed by atoms with Crippen LogP contribution in [0.5, 0.6) is 0 Å². The summed E-state index contributed by atoms with van der Waals surface area (Å²) in [5, 5.41) is 10.7. The van der Waals surface area contributed by atoms with Gasteiger partial charge in [-0.15, -0.1) is 0 Å². The molecule has 0 aliphatic heterocycles. The van der Waals surface area contributed by atoms with Gasteiger partial charge in [-0.1, -0.05) is 0 Å². The largest absolute Gasteiger partial charge is 0.356 e. The predicted octanol–water partition coefficient (Wildman–Crippen LogP) is 0.466. The number of aromatic amines is 1. The molecule has 0 aliphatic rings. The van der Waals surface area contributed by atoms with Gasteiger partial charge in [0, 0.05) is 12.2 Å². The Bertz CT molecular complexity index is 586. The molecule has 0 aromatic carbocycles. The summed E-state index contributed by atoms with van der Waals surface area (Å²) in [4.78, 5) is 27.2. The van der Waals surface area contributed by atoms with Gasteiger partial charge in [0.15, 0.2) is 6.29 Å². The fourth-order valence-corrected chi connectivity index (χ4v) is 1.95. The first-order valence-corrected chi connectivity index (χ1v) is 5.90. The third kappa shape index (κ3) is 2.70. The molecule has 0 atom stereocenters. The fourth-order valence-electron chi connectivity index (χ4n) is 1.95. The molecular weight excluding hydrogens is 246 g/mol. The van der Waals surface area contributed by atoms with Crippen molar-refractivity contribution in [2.75, 3.05) is 6.54 Å². The number of carbonyl (C=O) groups excluding carboxylic acids is 2. The van der Waals surface area contributed by atoms with Gasteiger partial charge < -0.3 is 10.3 Å². The minimum Gasteiger partial charge on any atom is -0.356 e. The number of aromatic nitrogens is 4. The Morgan fingerprint density at radius 2 is 2.11 bits per heavy atom. The van der Waals surface area contributed by atoms with Crippen LogP contribution in [0.25, 0.3) is 0 Å². The van der Waals surface area contributed by atoms with Gasteiger partial charge in [-0.3, -0.25) is 9.59 Å². The number of rotatable bonds is 5. The van der Waals surface area contributed by atoms with Crippen LogP contribution in [-0.2, 0) is 6.54 Å². The molecule has 0 aliphatic carbocycles. The van der Waals surface area contributed by atoms with Crippen LogP contribution in [0.15, 0.2) is 12.4 Å². The molecule has 1 amide bonds. The van der Waals surface area contributed by atoms with E-state index in [9.17, 15) is 9.59 Å². The van der Waals surface area contributed by atoms with Gasteiger partial charge in [0.1, 0.15) is 0 Å². The van der Waals surface area contributed by atoms with E-state index in [2.05, 4.69) is 20.5 Å². The highest BCUT2D eigenvalue weighted by Crippen LogP contribution is 2.16. The van der Waals surface area contributed by atoms with E-state index in [-0.39, 0.29) is 5.91 Å². The van der Waals surface area contributed by atoms with Crippen molar-refractivity contribution in [3.8, 4) is 0 Å². The van der Waals surface area contributed by atoms with E-state index in [0.29, 0.717) is 41.9 Å². The van der Waals surface area contributed by atoms with E-state index in [1.807, 2.05) is 0 Å². The third-order valence-corrected chi connectivity index (χ3v) is 2.89. The van der Waals surface area contributed by atoms with E-state index in [1.165, 1.54) is 4.80 Å². The Kier molecular flexibility index (Phi) is 3.74.